The molecule has 25 heavy (non-hydrogen) atoms. The number of hydrogen-bond acceptors (Lipinski definition) is 5. The lowest BCUT2D eigenvalue weighted by Crippen LogP contribution is -2.36. The van der Waals surface area contributed by atoms with E-state index in [1.807, 2.05) is 4.90 Å². The molecule has 2 aromatic carbocycles. The van der Waals surface area contributed by atoms with Crippen LogP contribution in [-0.2, 0) is 4.74 Å². The molecule has 0 spiro atoms. The number of hydrogen-bond donors (Lipinski definition) is 0. The van der Waals surface area contributed by atoms with E-state index >= 15 is 0 Å². The number of carbonyl (C=O) groups excluding carboxylic acids is 1. The Kier molecular flexibility index (Phi) is 5.22. The normalized spacial score (nSPS) is 14.4. The molecular formula is C17H14Cl2N2O4. The van der Waals surface area contributed by atoms with Crippen LogP contribution in [0.5, 0.6) is 0 Å². The van der Waals surface area contributed by atoms with Crippen LogP contribution in [0.3, 0.4) is 0 Å². The zero-order valence-electron chi connectivity index (χ0n) is 13.1. The molecule has 0 N–H and O–H groups in total. The number of carbonyl (C=O) groups is 1. The van der Waals surface area contributed by atoms with Crippen LogP contribution >= 0.6 is 23.2 Å². The molecule has 1 fully saturated rings. The number of nitro groups is 1. The molecule has 0 amide bonds. The molecule has 0 unspecified atom stereocenters. The summed E-state index contributed by atoms with van der Waals surface area (Å²) in [6.45, 7) is 2.17. The highest BCUT2D eigenvalue weighted by Gasteiger charge is 2.23. The molecule has 1 aliphatic rings. The van der Waals surface area contributed by atoms with Gasteiger partial charge in [0.15, 0.2) is 5.78 Å². The molecule has 0 aromatic heterocycles. The Morgan fingerprint density at radius 1 is 1.04 bits per heavy atom. The fourth-order valence-corrected chi connectivity index (χ4v) is 2.98. The van der Waals surface area contributed by atoms with Crippen molar-refractivity contribution in [3.63, 3.8) is 0 Å². The molecule has 3 rings (SSSR count). The molecule has 1 aliphatic heterocycles. The first-order valence-electron chi connectivity index (χ1n) is 7.58. The molecule has 8 heteroatoms. The molecule has 1 heterocycles. The molecule has 1 saturated heterocycles. The minimum Gasteiger partial charge on any atom is -0.378 e. The maximum absolute atomic E-state index is 12.6. The Hall–Kier alpha value is -2.15. The van der Waals surface area contributed by atoms with Crippen molar-refractivity contribution in [2.75, 3.05) is 31.2 Å². The van der Waals surface area contributed by atoms with Crippen molar-refractivity contribution in [2.45, 2.75) is 0 Å². The van der Waals surface area contributed by atoms with Crippen molar-refractivity contribution in [2.24, 2.45) is 0 Å². The van der Waals surface area contributed by atoms with Crippen LogP contribution in [0.25, 0.3) is 0 Å². The summed E-state index contributed by atoms with van der Waals surface area (Å²) < 4.78 is 5.27. The lowest BCUT2D eigenvalue weighted by Gasteiger charge is -2.28. The summed E-state index contributed by atoms with van der Waals surface area (Å²) in [5.41, 5.74) is 0.928. The second kappa shape index (κ2) is 7.39. The number of nitro benzene ring substituents is 1. The van der Waals surface area contributed by atoms with Crippen molar-refractivity contribution < 1.29 is 14.5 Å². The number of morpholine rings is 1. The lowest BCUT2D eigenvalue weighted by molar-refractivity contribution is -0.384. The topological polar surface area (TPSA) is 72.7 Å². The number of nitrogens with zero attached hydrogens (tertiary/aromatic N) is 2. The number of anilines is 1. The first-order valence-corrected chi connectivity index (χ1v) is 8.34. The fourth-order valence-electron chi connectivity index (χ4n) is 2.69. The number of halogens is 2. The molecular weight excluding hydrogens is 367 g/mol. The van der Waals surface area contributed by atoms with Crippen molar-refractivity contribution in [1.29, 1.82) is 0 Å². The number of benzene rings is 2. The Labute approximate surface area is 154 Å². The molecule has 2 aromatic rings. The zero-order chi connectivity index (χ0) is 18.0. The second-order valence-electron chi connectivity index (χ2n) is 5.52. The van der Waals surface area contributed by atoms with Crippen LogP contribution in [0, 0.1) is 10.1 Å². The van der Waals surface area contributed by atoms with Gasteiger partial charge in [0.25, 0.3) is 5.69 Å². The molecule has 6 nitrogen and oxygen atoms in total. The summed E-state index contributed by atoms with van der Waals surface area (Å²) >= 11 is 11.8. The Morgan fingerprint density at radius 2 is 1.68 bits per heavy atom. The van der Waals surface area contributed by atoms with E-state index in [0.717, 1.165) is 0 Å². The highest BCUT2D eigenvalue weighted by Crippen LogP contribution is 2.31. The maximum Gasteiger partial charge on any atom is 0.293 e. The third-order valence-corrected chi connectivity index (χ3v) is 4.71. The van der Waals surface area contributed by atoms with E-state index in [9.17, 15) is 14.9 Å². The summed E-state index contributed by atoms with van der Waals surface area (Å²) in [5, 5.41) is 12.1. The summed E-state index contributed by atoms with van der Waals surface area (Å²) in [6.07, 6.45) is 0. The van der Waals surface area contributed by atoms with Crippen LogP contribution in [-0.4, -0.2) is 37.0 Å². The van der Waals surface area contributed by atoms with Gasteiger partial charge in [-0.15, -0.1) is 0 Å². The first kappa shape index (κ1) is 17.7. The molecule has 0 atom stereocenters. The van der Waals surface area contributed by atoms with Crippen molar-refractivity contribution in [1.82, 2.24) is 0 Å². The van der Waals surface area contributed by atoms with Gasteiger partial charge >= 0.3 is 0 Å². The summed E-state index contributed by atoms with van der Waals surface area (Å²) in [7, 11) is 0. The Balaban J connectivity index is 1.96. The van der Waals surface area contributed by atoms with E-state index in [1.165, 1.54) is 24.3 Å². The van der Waals surface area contributed by atoms with Gasteiger partial charge in [-0.3, -0.25) is 14.9 Å². The Bertz CT molecular complexity index is 835. The minimum atomic E-state index is -0.476. The first-order chi connectivity index (χ1) is 12.0. The fraction of sp³-hybridized carbons (Fsp3) is 0.235. The Morgan fingerprint density at radius 3 is 2.32 bits per heavy atom. The van der Waals surface area contributed by atoms with Gasteiger partial charge in [0, 0.05) is 30.3 Å². The van der Waals surface area contributed by atoms with Gasteiger partial charge in [-0.1, -0.05) is 23.2 Å². The van der Waals surface area contributed by atoms with Crippen LogP contribution in [0.4, 0.5) is 11.4 Å². The van der Waals surface area contributed by atoms with Gasteiger partial charge in [-0.05, 0) is 30.3 Å². The predicted octanol–water partition coefficient (Wildman–Crippen LogP) is 3.97. The molecule has 0 radical (unpaired) electrons. The van der Waals surface area contributed by atoms with Crippen molar-refractivity contribution in [3.05, 3.63) is 67.7 Å². The van der Waals surface area contributed by atoms with Crippen LogP contribution in [0.1, 0.15) is 15.9 Å². The van der Waals surface area contributed by atoms with Crippen LogP contribution in [0.15, 0.2) is 36.4 Å². The van der Waals surface area contributed by atoms with Gasteiger partial charge in [-0.25, -0.2) is 0 Å². The summed E-state index contributed by atoms with van der Waals surface area (Å²) in [6, 6.07) is 9.01. The average Bonchev–Trinajstić information content (AvgIpc) is 2.63. The molecule has 0 bridgehead atoms. The van der Waals surface area contributed by atoms with Gasteiger partial charge in [0.2, 0.25) is 0 Å². The van der Waals surface area contributed by atoms with E-state index in [-0.39, 0.29) is 22.1 Å². The zero-order valence-corrected chi connectivity index (χ0v) is 14.6. The van der Waals surface area contributed by atoms with Crippen LogP contribution in [0.2, 0.25) is 10.0 Å². The lowest BCUT2D eigenvalue weighted by atomic mass is 10.0. The summed E-state index contributed by atoms with van der Waals surface area (Å²) in [4.78, 5) is 25.5. The molecule has 130 valence electrons. The highest BCUT2D eigenvalue weighted by atomic mass is 35.5. The number of ether oxygens (including phenoxy) is 1. The van der Waals surface area contributed by atoms with E-state index in [2.05, 4.69) is 0 Å². The van der Waals surface area contributed by atoms with Gasteiger partial charge < -0.3 is 9.64 Å². The molecule has 0 aliphatic carbocycles. The monoisotopic (exact) mass is 380 g/mol. The average molecular weight is 381 g/mol. The maximum atomic E-state index is 12.6. The molecule has 0 saturated carbocycles. The van der Waals surface area contributed by atoms with E-state index in [4.69, 9.17) is 27.9 Å². The quantitative estimate of drug-likeness (QED) is 0.455. The number of ketones is 1. The van der Waals surface area contributed by atoms with Crippen molar-refractivity contribution >= 4 is 40.4 Å². The van der Waals surface area contributed by atoms with E-state index in [0.29, 0.717) is 42.6 Å². The second-order valence-corrected chi connectivity index (χ2v) is 6.33. The largest absolute Gasteiger partial charge is 0.378 e. The van der Waals surface area contributed by atoms with Gasteiger partial charge in [0.1, 0.15) is 5.69 Å². The third-order valence-electron chi connectivity index (χ3n) is 3.97. The van der Waals surface area contributed by atoms with Gasteiger partial charge in [-0.2, -0.15) is 0 Å². The standard InChI is InChI=1S/C17H14Cl2N2O4/c18-13-3-1-11(9-14(13)19)17(22)12-2-4-15(16(10-12)21(23)24)20-5-7-25-8-6-20/h1-4,9-10H,5-8H2. The van der Waals surface area contributed by atoms with Crippen molar-refractivity contribution in [3.8, 4) is 0 Å². The van der Waals surface area contributed by atoms with Crippen LogP contribution < -0.4 is 4.90 Å². The summed E-state index contributed by atoms with van der Waals surface area (Å²) in [5.74, 6) is -0.352. The minimum absolute atomic E-state index is 0.104. The smallest absolute Gasteiger partial charge is 0.293 e. The predicted molar refractivity (Wildman–Crippen MR) is 96.0 cm³/mol. The highest BCUT2D eigenvalue weighted by molar-refractivity contribution is 6.42. The SMILES string of the molecule is O=C(c1ccc(Cl)c(Cl)c1)c1ccc(N2CCOCC2)c([N+](=O)[O-])c1. The third kappa shape index (κ3) is 3.76. The van der Waals surface area contributed by atoms with Gasteiger partial charge in [0.05, 0.1) is 28.2 Å². The number of rotatable bonds is 4. The van der Waals surface area contributed by atoms with E-state index < -0.39 is 4.92 Å². The van der Waals surface area contributed by atoms with E-state index in [1.54, 1.807) is 12.1 Å².